The minimum atomic E-state index is -5.08. The van der Waals surface area contributed by atoms with E-state index in [1.54, 1.807) is 6.92 Å². The van der Waals surface area contributed by atoms with Gasteiger partial charge in [0.1, 0.15) is 0 Å². The van der Waals surface area contributed by atoms with E-state index in [0.29, 0.717) is 6.61 Å². The number of phosphoric ester groups is 1. The molecule has 0 amide bonds. The summed E-state index contributed by atoms with van der Waals surface area (Å²) in [7, 11) is -9.87. The van der Waals surface area contributed by atoms with Crippen LogP contribution in [0, 0.1) is 0 Å². The van der Waals surface area contributed by atoms with Crippen LogP contribution in [-0.4, -0.2) is 40.8 Å². The summed E-state index contributed by atoms with van der Waals surface area (Å²) >= 11 is 0. The molecule has 1 aliphatic heterocycles. The van der Waals surface area contributed by atoms with E-state index in [4.69, 9.17) is 24.2 Å². The summed E-state index contributed by atoms with van der Waals surface area (Å²) in [4.78, 5) is 25.9. The van der Waals surface area contributed by atoms with Gasteiger partial charge in [-0.3, -0.25) is 4.52 Å². The van der Waals surface area contributed by atoms with E-state index in [-0.39, 0.29) is 19.5 Å². The van der Waals surface area contributed by atoms with Crippen LogP contribution < -0.4 is 0 Å². The van der Waals surface area contributed by atoms with Crippen LogP contribution in [0.5, 0.6) is 0 Å². The van der Waals surface area contributed by atoms with Crippen molar-refractivity contribution in [2.75, 3.05) is 19.8 Å². The first kappa shape index (κ1) is 19.0. The Morgan fingerprint density at radius 1 is 1.33 bits per heavy atom. The van der Waals surface area contributed by atoms with E-state index in [1.165, 1.54) is 6.08 Å². The molecule has 0 spiro atoms. The molecule has 11 heteroatoms. The SMILES string of the molecule is C/C(=C\COP(=O)(O)OP(=O)(O)O)COC1CCCCO1. The monoisotopic (exact) mass is 346 g/mol. The minimum absolute atomic E-state index is 0.245. The number of hydrogen-bond donors (Lipinski definition) is 3. The van der Waals surface area contributed by atoms with Crippen LogP contribution in [0.4, 0.5) is 0 Å². The average molecular weight is 346 g/mol. The lowest BCUT2D eigenvalue weighted by Crippen LogP contribution is -2.22. The second-order valence-electron chi connectivity index (χ2n) is 4.49. The van der Waals surface area contributed by atoms with E-state index in [0.717, 1.165) is 24.8 Å². The molecule has 21 heavy (non-hydrogen) atoms. The van der Waals surface area contributed by atoms with E-state index >= 15 is 0 Å². The molecule has 0 saturated carbocycles. The third-order valence-electron chi connectivity index (χ3n) is 2.51. The van der Waals surface area contributed by atoms with E-state index < -0.39 is 15.6 Å². The van der Waals surface area contributed by atoms with Gasteiger partial charge in [-0.2, -0.15) is 4.31 Å². The highest BCUT2D eigenvalue weighted by Gasteiger charge is 2.31. The average Bonchev–Trinajstić information content (AvgIpc) is 2.34. The van der Waals surface area contributed by atoms with Crippen LogP contribution in [0.3, 0.4) is 0 Å². The Morgan fingerprint density at radius 3 is 2.62 bits per heavy atom. The van der Waals surface area contributed by atoms with Crippen LogP contribution in [-0.2, 0) is 27.4 Å². The summed E-state index contributed by atoms with van der Waals surface area (Å²) in [6.45, 7) is 2.32. The molecule has 9 nitrogen and oxygen atoms in total. The van der Waals surface area contributed by atoms with Gasteiger partial charge in [0, 0.05) is 6.61 Å². The van der Waals surface area contributed by atoms with Crippen LogP contribution in [0.1, 0.15) is 26.2 Å². The quantitative estimate of drug-likeness (QED) is 0.444. The molecule has 2 atom stereocenters. The number of ether oxygens (including phenoxy) is 2. The second kappa shape index (κ2) is 8.53. The Morgan fingerprint density at radius 2 is 2.05 bits per heavy atom. The van der Waals surface area contributed by atoms with Crippen LogP contribution in [0.15, 0.2) is 11.6 Å². The summed E-state index contributed by atoms with van der Waals surface area (Å²) in [6.07, 6.45) is 4.10. The predicted molar refractivity (Wildman–Crippen MR) is 72.2 cm³/mol. The van der Waals surface area contributed by atoms with Crippen molar-refractivity contribution in [1.29, 1.82) is 0 Å². The van der Waals surface area contributed by atoms with Gasteiger partial charge >= 0.3 is 15.6 Å². The Kier molecular flexibility index (Phi) is 7.70. The van der Waals surface area contributed by atoms with Crippen molar-refractivity contribution in [3.8, 4) is 0 Å². The molecule has 1 aliphatic rings. The van der Waals surface area contributed by atoms with Crippen molar-refractivity contribution in [1.82, 2.24) is 0 Å². The third-order valence-corrected chi connectivity index (χ3v) is 4.67. The largest absolute Gasteiger partial charge is 0.481 e. The Hall–Kier alpha value is -0.0800. The zero-order valence-corrected chi connectivity index (χ0v) is 13.4. The molecule has 1 rings (SSSR count). The summed E-state index contributed by atoms with van der Waals surface area (Å²) in [5.74, 6) is 0. The Balaban J connectivity index is 2.28. The lowest BCUT2D eigenvalue weighted by molar-refractivity contribution is -0.156. The maximum Gasteiger partial charge on any atom is 0.481 e. The highest BCUT2D eigenvalue weighted by molar-refractivity contribution is 7.60. The van der Waals surface area contributed by atoms with Gasteiger partial charge in [0.15, 0.2) is 6.29 Å². The van der Waals surface area contributed by atoms with Gasteiger partial charge in [-0.1, -0.05) is 6.08 Å². The summed E-state index contributed by atoms with van der Waals surface area (Å²) < 4.78 is 40.5. The number of rotatable bonds is 8. The van der Waals surface area contributed by atoms with Crippen molar-refractivity contribution >= 4 is 15.6 Å². The van der Waals surface area contributed by atoms with E-state index in [2.05, 4.69) is 8.83 Å². The highest BCUT2D eigenvalue weighted by atomic mass is 31.3. The number of phosphoric acid groups is 2. The highest BCUT2D eigenvalue weighted by Crippen LogP contribution is 2.57. The molecule has 1 fully saturated rings. The maximum atomic E-state index is 11.2. The first-order chi connectivity index (χ1) is 9.68. The third kappa shape index (κ3) is 9.52. The fourth-order valence-corrected chi connectivity index (χ4v) is 3.08. The summed E-state index contributed by atoms with van der Waals surface area (Å²) in [6, 6.07) is 0. The first-order valence-corrected chi connectivity index (χ1v) is 9.33. The Labute approximate surface area is 122 Å². The molecule has 0 aromatic rings. The van der Waals surface area contributed by atoms with Gasteiger partial charge in [-0.15, -0.1) is 0 Å². The molecule has 124 valence electrons. The maximum absolute atomic E-state index is 11.2. The van der Waals surface area contributed by atoms with Gasteiger partial charge < -0.3 is 24.2 Å². The zero-order chi connectivity index (χ0) is 15.9. The topological polar surface area (TPSA) is 132 Å². The molecule has 2 unspecified atom stereocenters. The Bertz CT molecular complexity index is 438. The van der Waals surface area contributed by atoms with Crippen molar-refractivity contribution in [2.24, 2.45) is 0 Å². The summed E-state index contributed by atoms with van der Waals surface area (Å²) in [5, 5.41) is 0. The lowest BCUT2D eigenvalue weighted by Gasteiger charge is -2.22. The van der Waals surface area contributed by atoms with Crippen molar-refractivity contribution in [2.45, 2.75) is 32.5 Å². The molecule has 1 saturated heterocycles. The van der Waals surface area contributed by atoms with E-state index in [9.17, 15) is 9.13 Å². The molecule has 0 aromatic heterocycles. The van der Waals surface area contributed by atoms with E-state index in [1.807, 2.05) is 0 Å². The van der Waals surface area contributed by atoms with Gasteiger partial charge in [0.05, 0.1) is 13.2 Å². The normalized spacial score (nSPS) is 23.8. The van der Waals surface area contributed by atoms with Crippen molar-refractivity contribution < 1.29 is 42.1 Å². The smallest absolute Gasteiger partial charge is 0.353 e. The van der Waals surface area contributed by atoms with Crippen LogP contribution in [0.2, 0.25) is 0 Å². The molecule has 0 bridgehead atoms. The second-order valence-corrected chi connectivity index (χ2v) is 7.32. The fourth-order valence-electron chi connectivity index (χ4n) is 1.56. The van der Waals surface area contributed by atoms with Gasteiger partial charge in [-0.25, -0.2) is 9.13 Å². The standard InChI is InChI=1S/C10H20O9P2/c1-9(8-17-10-4-2-3-6-16-10)5-7-18-21(14,15)19-20(11,12)13/h5,10H,2-4,6-8H2,1H3,(H,14,15)(H2,11,12,13)/b9-5+. The molecule has 0 radical (unpaired) electrons. The lowest BCUT2D eigenvalue weighted by atomic mass is 10.2. The fraction of sp³-hybridized carbons (Fsp3) is 0.800. The molecular formula is C10H20O9P2. The minimum Gasteiger partial charge on any atom is -0.353 e. The molecular weight excluding hydrogens is 326 g/mol. The van der Waals surface area contributed by atoms with Crippen LogP contribution in [0.25, 0.3) is 0 Å². The number of hydrogen-bond acceptors (Lipinski definition) is 6. The summed E-state index contributed by atoms with van der Waals surface area (Å²) in [5.41, 5.74) is 0.723. The van der Waals surface area contributed by atoms with Gasteiger partial charge in [-0.05, 0) is 31.8 Å². The molecule has 1 heterocycles. The van der Waals surface area contributed by atoms with Crippen molar-refractivity contribution in [3.63, 3.8) is 0 Å². The van der Waals surface area contributed by atoms with Gasteiger partial charge in [0.25, 0.3) is 0 Å². The predicted octanol–water partition coefficient (Wildman–Crippen LogP) is 1.70. The molecule has 0 aromatic carbocycles. The molecule has 0 aliphatic carbocycles. The van der Waals surface area contributed by atoms with Crippen LogP contribution >= 0.6 is 15.6 Å². The van der Waals surface area contributed by atoms with Gasteiger partial charge in [0.2, 0.25) is 0 Å². The van der Waals surface area contributed by atoms with Crippen molar-refractivity contribution in [3.05, 3.63) is 11.6 Å². The molecule has 3 N–H and O–H groups in total. The first-order valence-electron chi connectivity index (χ1n) is 6.31. The zero-order valence-electron chi connectivity index (χ0n) is 11.6.